The molecule has 1 saturated heterocycles. The van der Waals surface area contributed by atoms with Crippen LogP contribution in [0.25, 0.3) is 0 Å². The minimum absolute atomic E-state index is 0.218. The van der Waals surface area contributed by atoms with E-state index in [4.69, 9.17) is 9.84 Å². The number of imidazole rings is 1. The number of carbonyl (C=O) groups excluding carboxylic acids is 1. The monoisotopic (exact) mass is 310 g/mol. The number of H-pyrrole nitrogens is 1. The van der Waals surface area contributed by atoms with Gasteiger partial charge >= 0.3 is 6.09 Å². The summed E-state index contributed by atoms with van der Waals surface area (Å²) in [6.07, 6.45) is 4.22. The van der Waals surface area contributed by atoms with Gasteiger partial charge in [-0.05, 0) is 12.8 Å². The summed E-state index contributed by atoms with van der Waals surface area (Å²) in [6, 6.07) is -0.218. The Morgan fingerprint density at radius 1 is 1.59 bits per heavy atom. The smallest absolute Gasteiger partial charge is 0.407 e. The number of aromatic amines is 1. The van der Waals surface area contributed by atoms with Crippen molar-refractivity contribution in [2.24, 2.45) is 0 Å². The van der Waals surface area contributed by atoms with Crippen molar-refractivity contribution in [3.8, 4) is 0 Å². The van der Waals surface area contributed by atoms with Gasteiger partial charge in [0.05, 0.1) is 18.7 Å². The number of piperidine rings is 1. The lowest BCUT2D eigenvalue weighted by Gasteiger charge is -2.37. The quantitative estimate of drug-likeness (QED) is 0.681. The molecule has 2 heterocycles. The van der Waals surface area contributed by atoms with Gasteiger partial charge in [-0.25, -0.2) is 9.78 Å². The maximum absolute atomic E-state index is 12.1. The summed E-state index contributed by atoms with van der Waals surface area (Å²) < 4.78 is 5.78. The van der Waals surface area contributed by atoms with Crippen LogP contribution in [0, 0.1) is 0 Å². The molecule has 3 N–H and O–H groups in total. The zero-order valence-electron chi connectivity index (χ0n) is 12.6. The van der Waals surface area contributed by atoms with Crippen molar-refractivity contribution in [1.82, 2.24) is 20.2 Å². The van der Waals surface area contributed by atoms with Crippen LogP contribution in [0.2, 0.25) is 0 Å². The largest absolute Gasteiger partial charge is 0.465 e. The standard InChI is InChI=1S/C14H22N4O4/c1-2-3-8-22-11-9-18(14(20)21)7-4-10(11)17-13(19)12-15-5-6-16-12/h5-6,10-11H,2-4,7-9H2,1H3,(H,15,16)(H,17,19)(H,20,21). The molecule has 1 fully saturated rings. The first kappa shape index (κ1) is 16.3. The maximum Gasteiger partial charge on any atom is 0.407 e. The van der Waals surface area contributed by atoms with Crippen LogP contribution in [-0.4, -0.2) is 63.8 Å². The molecule has 0 spiro atoms. The third kappa shape index (κ3) is 4.20. The van der Waals surface area contributed by atoms with Gasteiger partial charge in [-0.1, -0.05) is 13.3 Å². The molecule has 2 atom stereocenters. The van der Waals surface area contributed by atoms with Crippen molar-refractivity contribution in [2.45, 2.75) is 38.3 Å². The van der Waals surface area contributed by atoms with Crippen LogP contribution in [-0.2, 0) is 4.74 Å². The first-order valence-electron chi connectivity index (χ1n) is 7.51. The fourth-order valence-corrected chi connectivity index (χ4v) is 2.43. The Balaban J connectivity index is 1.96. The molecule has 2 rings (SSSR count). The van der Waals surface area contributed by atoms with E-state index in [0.717, 1.165) is 12.8 Å². The molecular weight excluding hydrogens is 288 g/mol. The van der Waals surface area contributed by atoms with Gasteiger partial charge in [0.2, 0.25) is 0 Å². The van der Waals surface area contributed by atoms with Gasteiger partial charge in [0.1, 0.15) is 0 Å². The zero-order chi connectivity index (χ0) is 15.9. The number of nitrogens with one attached hydrogen (secondary N) is 2. The number of unbranched alkanes of at least 4 members (excludes halogenated alkanes) is 1. The van der Waals surface area contributed by atoms with Crippen LogP contribution in [0.1, 0.15) is 36.8 Å². The summed E-state index contributed by atoms with van der Waals surface area (Å²) in [5.41, 5.74) is 0. The maximum atomic E-state index is 12.1. The van der Waals surface area contributed by atoms with Crippen LogP contribution >= 0.6 is 0 Å². The van der Waals surface area contributed by atoms with Crippen molar-refractivity contribution in [3.63, 3.8) is 0 Å². The van der Waals surface area contributed by atoms with Crippen molar-refractivity contribution in [1.29, 1.82) is 0 Å². The molecule has 2 amide bonds. The number of likely N-dealkylation sites (tertiary alicyclic amines) is 1. The van der Waals surface area contributed by atoms with Gasteiger partial charge in [-0.3, -0.25) is 4.79 Å². The third-order valence-electron chi connectivity index (χ3n) is 3.69. The number of rotatable bonds is 6. The Kier molecular flexibility index (Phi) is 5.76. The minimum atomic E-state index is -0.958. The lowest BCUT2D eigenvalue weighted by Crippen LogP contribution is -2.56. The van der Waals surface area contributed by atoms with E-state index in [1.165, 1.54) is 11.1 Å². The minimum Gasteiger partial charge on any atom is -0.465 e. The molecule has 0 bridgehead atoms. The van der Waals surface area contributed by atoms with E-state index >= 15 is 0 Å². The van der Waals surface area contributed by atoms with Gasteiger partial charge in [0.25, 0.3) is 5.91 Å². The first-order valence-corrected chi connectivity index (χ1v) is 7.51. The second-order valence-electron chi connectivity index (χ2n) is 5.30. The Morgan fingerprint density at radius 3 is 3.05 bits per heavy atom. The highest BCUT2D eigenvalue weighted by Gasteiger charge is 2.33. The predicted molar refractivity (Wildman–Crippen MR) is 78.7 cm³/mol. The van der Waals surface area contributed by atoms with Crippen LogP contribution in [0.3, 0.4) is 0 Å². The van der Waals surface area contributed by atoms with Crippen LogP contribution in [0.15, 0.2) is 12.4 Å². The van der Waals surface area contributed by atoms with Crippen LogP contribution in [0.4, 0.5) is 4.79 Å². The van der Waals surface area contributed by atoms with Crippen molar-refractivity contribution in [2.75, 3.05) is 19.7 Å². The Bertz CT molecular complexity index is 491. The zero-order valence-corrected chi connectivity index (χ0v) is 12.6. The number of nitrogens with zero attached hydrogens (tertiary/aromatic N) is 2. The van der Waals surface area contributed by atoms with E-state index in [9.17, 15) is 9.59 Å². The summed E-state index contributed by atoms with van der Waals surface area (Å²) in [4.78, 5) is 31.2. The molecule has 22 heavy (non-hydrogen) atoms. The van der Waals surface area contributed by atoms with Crippen molar-refractivity contribution >= 4 is 12.0 Å². The van der Waals surface area contributed by atoms with Gasteiger partial charge in [0.15, 0.2) is 5.82 Å². The molecule has 1 aromatic heterocycles. The van der Waals surface area contributed by atoms with E-state index in [0.29, 0.717) is 19.6 Å². The second-order valence-corrected chi connectivity index (χ2v) is 5.30. The first-order chi connectivity index (χ1) is 10.6. The highest BCUT2D eigenvalue weighted by atomic mass is 16.5. The second kappa shape index (κ2) is 7.79. The topological polar surface area (TPSA) is 108 Å². The Morgan fingerprint density at radius 2 is 2.41 bits per heavy atom. The number of aromatic nitrogens is 2. The Hall–Kier alpha value is -2.09. The third-order valence-corrected chi connectivity index (χ3v) is 3.69. The Labute approximate surface area is 128 Å². The average molecular weight is 310 g/mol. The number of hydrogen-bond donors (Lipinski definition) is 3. The molecule has 122 valence electrons. The number of hydrogen-bond acceptors (Lipinski definition) is 4. The summed E-state index contributed by atoms with van der Waals surface area (Å²) in [7, 11) is 0. The molecule has 2 unspecified atom stereocenters. The summed E-state index contributed by atoms with van der Waals surface area (Å²) >= 11 is 0. The van der Waals surface area contributed by atoms with Gasteiger partial charge in [-0.2, -0.15) is 0 Å². The number of carbonyl (C=O) groups is 2. The molecule has 0 aromatic carbocycles. The van der Waals surface area contributed by atoms with E-state index in [2.05, 4.69) is 22.2 Å². The molecule has 8 heteroatoms. The number of amides is 2. The van der Waals surface area contributed by atoms with Crippen molar-refractivity contribution in [3.05, 3.63) is 18.2 Å². The van der Waals surface area contributed by atoms with Gasteiger partial charge in [-0.15, -0.1) is 0 Å². The fourth-order valence-electron chi connectivity index (χ4n) is 2.43. The average Bonchev–Trinajstić information content (AvgIpc) is 3.03. The molecule has 1 aliphatic rings. The van der Waals surface area contributed by atoms with Crippen LogP contribution in [0.5, 0.6) is 0 Å². The lowest BCUT2D eigenvalue weighted by atomic mass is 10.0. The fraction of sp³-hybridized carbons (Fsp3) is 0.643. The molecule has 0 radical (unpaired) electrons. The molecule has 0 aliphatic carbocycles. The van der Waals surface area contributed by atoms with E-state index < -0.39 is 6.09 Å². The van der Waals surface area contributed by atoms with Gasteiger partial charge in [0, 0.05) is 25.5 Å². The SMILES string of the molecule is CCCCOC1CN(C(=O)O)CCC1NC(=O)c1ncc[nH]1. The summed E-state index contributed by atoms with van der Waals surface area (Å²) in [5.74, 6) is -0.0594. The highest BCUT2D eigenvalue weighted by molar-refractivity contribution is 5.90. The van der Waals surface area contributed by atoms with E-state index in [1.807, 2.05) is 0 Å². The number of carboxylic acid groups (broad SMARTS) is 1. The van der Waals surface area contributed by atoms with Crippen molar-refractivity contribution < 1.29 is 19.4 Å². The summed E-state index contributed by atoms with van der Waals surface area (Å²) in [5, 5.41) is 12.0. The highest BCUT2D eigenvalue weighted by Crippen LogP contribution is 2.15. The van der Waals surface area contributed by atoms with Crippen LogP contribution < -0.4 is 5.32 Å². The van der Waals surface area contributed by atoms with E-state index in [1.54, 1.807) is 6.20 Å². The molecule has 8 nitrogen and oxygen atoms in total. The molecule has 1 aliphatic heterocycles. The van der Waals surface area contributed by atoms with E-state index in [-0.39, 0.29) is 30.4 Å². The summed E-state index contributed by atoms with van der Waals surface area (Å²) in [6.45, 7) is 3.26. The lowest BCUT2D eigenvalue weighted by molar-refractivity contribution is -0.0175. The molecule has 1 aromatic rings. The van der Waals surface area contributed by atoms with Gasteiger partial charge < -0.3 is 25.0 Å². The molecular formula is C14H22N4O4. The predicted octanol–water partition coefficient (Wildman–Crippen LogP) is 1.08. The number of ether oxygens (including phenoxy) is 1. The molecule has 0 saturated carbocycles. The normalized spacial score (nSPS) is 21.6.